The molecule has 0 spiro atoms. The highest BCUT2D eigenvalue weighted by atomic mass is 16.6. The molecule has 1 fully saturated rings. The maximum atomic E-state index is 10.7. The summed E-state index contributed by atoms with van der Waals surface area (Å²) in [4.78, 5) is 10.7. The van der Waals surface area contributed by atoms with Gasteiger partial charge >= 0.3 is 5.97 Å². The minimum absolute atomic E-state index is 0.130. The lowest BCUT2D eigenvalue weighted by atomic mass is 10.1. The van der Waals surface area contributed by atoms with Gasteiger partial charge in [0.2, 0.25) is 0 Å². The lowest BCUT2D eigenvalue weighted by Crippen LogP contribution is -2.33. The molecule has 0 aromatic rings. The van der Waals surface area contributed by atoms with Crippen LogP contribution in [-0.4, -0.2) is 24.8 Å². The van der Waals surface area contributed by atoms with E-state index in [1.54, 1.807) is 7.11 Å². The Morgan fingerprint density at radius 1 is 1.67 bits per heavy atom. The molecule has 1 aliphatic rings. The molecule has 0 aromatic carbocycles. The summed E-state index contributed by atoms with van der Waals surface area (Å²) in [6.45, 7) is 5.41. The Bertz CT molecular complexity index is 186. The fourth-order valence-corrected chi connectivity index (χ4v) is 1.79. The number of hydrogen-bond acceptors (Lipinski definition) is 3. The SMILES string of the molecule is COC1(C(C)OC(C)=O)CC1C. The Hall–Kier alpha value is -0.570. The highest BCUT2D eigenvalue weighted by molar-refractivity contribution is 5.66. The molecule has 3 unspecified atom stereocenters. The largest absolute Gasteiger partial charge is 0.460 e. The van der Waals surface area contributed by atoms with Gasteiger partial charge in [-0.3, -0.25) is 4.79 Å². The van der Waals surface area contributed by atoms with E-state index in [0.29, 0.717) is 5.92 Å². The average Bonchev–Trinajstić information content (AvgIpc) is 2.61. The van der Waals surface area contributed by atoms with E-state index in [9.17, 15) is 4.79 Å². The molecule has 3 heteroatoms. The number of rotatable bonds is 3. The van der Waals surface area contributed by atoms with Crippen molar-refractivity contribution in [1.82, 2.24) is 0 Å². The van der Waals surface area contributed by atoms with Gasteiger partial charge in [0.1, 0.15) is 11.7 Å². The fourth-order valence-electron chi connectivity index (χ4n) is 1.79. The number of carbonyl (C=O) groups excluding carboxylic acids is 1. The van der Waals surface area contributed by atoms with E-state index in [4.69, 9.17) is 9.47 Å². The van der Waals surface area contributed by atoms with E-state index in [-0.39, 0.29) is 17.7 Å². The van der Waals surface area contributed by atoms with Crippen LogP contribution in [0.4, 0.5) is 0 Å². The van der Waals surface area contributed by atoms with Crippen LogP contribution in [0.1, 0.15) is 27.2 Å². The Kier molecular flexibility index (Phi) is 2.42. The lowest BCUT2D eigenvalue weighted by molar-refractivity contribution is -0.155. The van der Waals surface area contributed by atoms with Crippen LogP contribution in [0.25, 0.3) is 0 Å². The standard InChI is InChI=1S/C9H16O3/c1-6-5-9(6,11-4)7(2)12-8(3)10/h6-7H,5H2,1-4H3. The molecule has 3 nitrogen and oxygen atoms in total. The monoisotopic (exact) mass is 172 g/mol. The van der Waals surface area contributed by atoms with Crippen molar-refractivity contribution in [1.29, 1.82) is 0 Å². The second-order valence-corrected chi connectivity index (χ2v) is 3.52. The van der Waals surface area contributed by atoms with Gasteiger partial charge in [-0.05, 0) is 19.3 Å². The summed E-state index contributed by atoms with van der Waals surface area (Å²) in [7, 11) is 1.67. The first-order valence-electron chi connectivity index (χ1n) is 4.25. The van der Waals surface area contributed by atoms with Crippen LogP contribution in [-0.2, 0) is 14.3 Å². The number of methoxy groups -OCH3 is 1. The topological polar surface area (TPSA) is 35.5 Å². The van der Waals surface area contributed by atoms with E-state index in [0.717, 1.165) is 6.42 Å². The van der Waals surface area contributed by atoms with Crippen molar-refractivity contribution >= 4 is 5.97 Å². The van der Waals surface area contributed by atoms with Gasteiger partial charge in [-0.1, -0.05) is 6.92 Å². The maximum absolute atomic E-state index is 10.7. The summed E-state index contributed by atoms with van der Waals surface area (Å²) in [5.74, 6) is 0.259. The lowest BCUT2D eigenvalue weighted by Gasteiger charge is -2.22. The zero-order valence-electron chi connectivity index (χ0n) is 8.09. The van der Waals surface area contributed by atoms with Crippen molar-refractivity contribution in [3.63, 3.8) is 0 Å². The Morgan fingerprint density at radius 3 is 2.42 bits per heavy atom. The molecule has 1 aliphatic carbocycles. The molecule has 0 aliphatic heterocycles. The molecule has 1 rings (SSSR count). The predicted octanol–water partition coefficient (Wildman–Crippen LogP) is 1.36. The second-order valence-electron chi connectivity index (χ2n) is 3.52. The van der Waals surface area contributed by atoms with Gasteiger partial charge in [0.25, 0.3) is 0 Å². The predicted molar refractivity (Wildman–Crippen MR) is 44.7 cm³/mol. The number of carbonyl (C=O) groups is 1. The zero-order chi connectivity index (χ0) is 9.35. The van der Waals surface area contributed by atoms with Gasteiger partial charge in [-0.15, -0.1) is 0 Å². The van der Waals surface area contributed by atoms with E-state index < -0.39 is 0 Å². The molecular formula is C9H16O3. The summed E-state index contributed by atoms with van der Waals surface area (Å²) in [5.41, 5.74) is -0.203. The minimum atomic E-state index is -0.238. The average molecular weight is 172 g/mol. The van der Waals surface area contributed by atoms with Crippen LogP contribution in [0.15, 0.2) is 0 Å². The van der Waals surface area contributed by atoms with Crippen molar-refractivity contribution in [3.8, 4) is 0 Å². The van der Waals surface area contributed by atoms with E-state index in [2.05, 4.69) is 6.92 Å². The van der Waals surface area contributed by atoms with Crippen LogP contribution in [0.5, 0.6) is 0 Å². The molecule has 0 heterocycles. The van der Waals surface area contributed by atoms with Crippen LogP contribution in [0, 0.1) is 5.92 Å². The van der Waals surface area contributed by atoms with Crippen molar-refractivity contribution < 1.29 is 14.3 Å². The van der Waals surface area contributed by atoms with Crippen molar-refractivity contribution in [2.45, 2.75) is 38.9 Å². The number of hydrogen-bond donors (Lipinski definition) is 0. The molecule has 0 radical (unpaired) electrons. The van der Waals surface area contributed by atoms with Crippen LogP contribution in [0.3, 0.4) is 0 Å². The number of ether oxygens (including phenoxy) is 2. The van der Waals surface area contributed by atoms with Gasteiger partial charge in [-0.2, -0.15) is 0 Å². The summed E-state index contributed by atoms with van der Waals surface area (Å²) in [5, 5.41) is 0. The Balaban J connectivity index is 2.51. The van der Waals surface area contributed by atoms with Gasteiger partial charge in [0, 0.05) is 14.0 Å². The molecular weight excluding hydrogens is 156 g/mol. The van der Waals surface area contributed by atoms with Gasteiger partial charge in [0.15, 0.2) is 0 Å². The molecule has 12 heavy (non-hydrogen) atoms. The van der Waals surface area contributed by atoms with Crippen molar-refractivity contribution in [3.05, 3.63) is 0 Å². The molecule has 0 saturated heterocycles. The minimum Gasteiger partial charge on any atom is -0.460 e. The molecule has 0 aromatic heterocycles. The van der Waals surface area contributed by atoms with E-state index in [1.165, 1.54) is 6.92 Å². The molecule has 70 valence electrons. The first-order chi connectivity index (χ1) is 5.53. The number of esters is 1. The second kappa shape index (κ2) is 3.05. The highest BCUT2D eigenvalue weighted by Crippen LogP contribution is 2.49. The zero-order valence-corrected chi connectivity index (χ0v) is 8.09. The highest BCUT2D eigenvalue weighted by Gasteiger charge is 2.57. The van der Waals surface area contributed by atoms with Gasteiger partial charge in [-0.25, -0.2) is 0 Å². The van der Waals surface area contributed by atoms with Crippen LogP contribution >= 0.6 is 0 Å². The van der Waals surface area contributed by atoms with E-state index in [1.807, 2.05) is 6.92 Å². The summed E-state index contributed by atoms with van der Waals surface area (Å²) >= 11 is 0. The Morgan fingerprint density at radius 2 is 2.17 bits per heavy atom. The van der Waals surface area contributed by atoms with Crippen LogP contribution in [0.2, 0.25) is 0 Å². The fraction of sp³-hybridized carbons (Fsp3) is 0.889. The maximum Gasteiger partial charge on any atom is 0.302 e. The summed E-state index contributed by atoms with van der Waals surface area (Å²) in [6.07, 6.45) is 0.854. The van der Waals surface area contributed by atoms with Crippen molar-refractivity contribution in [2.75, 3.05) is 7.11 Å². The molecule has 3 atom stereocenters. The molecule has 0 bridgehead atoms. The first kappa shape index (κ1) is 9.52. The smallest absolute Gasteiger partial charge is 0.302 e. The molecule has 1 saturated carbocycles. The third-order valence-corrected chi connectivity index (χ3v) is 2.71. The first-order valence-corrected chi connectivity index (χ1v) is 4.25. The van der Waals surface area contributed by atoms with Gasteiger partial charge in [0.05, 0.1) is 0 Å². The van der Waals surface area contributed by atoms with Crippen LogP contribution < -0.4 is 0 Å². The third-order valence-electron chi connectivity index (χ3n) is 2.71. The van der Waals surface area contributed by atoms with Gasteiger partial charge < -0.3 is 9.47 Å². The molecule has 0 N–H and O–H groups in total. The Labute approximate surface area is 73.0 Å². The summed E-state index contributed by atoms with van der Waals surface area (Å²) in [6, 6.07) is 0. The van der Waals surface area contributed by atoms with Crippen molar-refractivity contribution in [2.24, 2.45) is 5.92 Å². The molecule has 0 amide bonds. The quantitative estimate of drug-likeness (QED) is 0.603. The van der Waals surface area contributed by atoms with E-state index >= 15 is 0 Å². The normalized spacial score (nSPS) is 35.8. The summed E-state index contributed by atoms with van der Waals surface area (Å²) < 4.78 is 10.4. The third kappa shape index (κ3) is 1.46.